The summed E-state index contributed by atoms with van der Waals surface area (Å²) < 4.78 is 38.5. The number of nitrogens with one attached hydrogen (secondary N) is 1. The number of benzene rings is 2. The van der Waals surface area contributed by atoms with Crippen LogP contribution in [0.25, 0.3) is 11.0 Å². The number of furan rings is 1. The number of sulfonamides is 1. The molecule has 0 saturated carbocycles. The predicted molar refractivity (Wildman–Crippen MR) is 107 cm³/mol. The zero-order valence-electron chi connectivity index (χ0n) is 16.1. The number of hydrogen-bond donors (Lipinski definition) is 1. The molecule has 6 nitrogen and oxygen atoms in total. The van der Waals surface area contributed by atoms with Gasteiger partial charge in [0.05, 0.1) is 11.5 Å². The van der Waals surface area contributed by atoms with E-state index in [-0.39, 0.29) is 17.3 Å². The molecule has 148 valence electrons. The Morgan fingerprint density at radius 3 is 2.61 bits per heavy atom. The molecule has 0 fully saturated rings. The smallest absolute Gasteiger partial charge is 0.374 e. The Morgan fingerprint density at radius 1 is 1.14 bits per heavy atom. The third-order valence-corrected chi connectivity index (χ3v) is 6.09. The normalized spacial score (nSPS) is 11.7. The monoisotopic (exact) mass is 401 g/mol. The van der Waals surface area contributed by atoms with Gasteiger partial charge < -0.3 is 9.15 Å². The molecule has 3 aromatic rings. The van der Waals surface area contributed by atoms with Crippen molar-refractivity contribution in [1.29, 1.82) is 0 Å². The van der Waals surface area contributed by atoms with E-state index in [2.05, 4.69) is 4.72 Å². The SMILES string of the molecule is CCOC(=O)c1oc2ccc(S(=O)(=O)NCCc3ccccc3C)cc2c1C. The molecule has 7 heteroatoms. The first-order valence-electron chi connectivity index (χ1n) is 9.08. The van der Waals surface area contributed by atoms with Crippen LogP contribution >= 0.6 is 0 Å². The summed E-state index contributed by atoms with van der Waals surface area (Å²) in [6.45, 7) is 5.95. The minimum absolute atomic E-state index is 0.0962. The summed E-state index contributed by atoms with van der Waals surface area (Å²) in [6, 6.07) is 12.4. The number of ether oxygens (including phenoxy) is 1. The van der Waals surface area contributed by atoms with Crippen LogP contribution in [0.15, 0.2) is 51.8 Å². The molecule has 1 N–H and O–H groups in total. The van der Waals surface area contributed by atoms with Gasteiger partial charge in [0.15, 0.2) is 0 Å². The van der Waals surface area contributed by atoms with Crippen LogP contribution in [0, 0.1) is 13.8 Å². The second-order valence-electron chi connectivity index (χ2n) is 6.51. The summed E-state index contributed by atoms with van der Waals surface area (Å²) >= 11 is 0. The van der Waals surface area contributed by atoms with E-state index < -0.39 is 16.0 Å². The van der Waals surface area contributed by atoms with E-state index in [4.69, 9.17) is 9.15 Å². The molecule has 0 spiro atoms. The lowest BCUT2D eigenvalue weighted by Gasteiger charge is -2.08. The molecule has 0 atom stereocenters. The van der Waals surface area contributed by atoms with E-state index in [1.54, 1.807) is 19.9 Å². The average Bonchev–Trinajstić information content (AvgIpc) is 3.00. The van der Waals surface area contributed by atoms with Crippen LogP contribution in [0.2, 0.25) is 0 Å². The van der Waals surface area contributed by atoms with E-state index in [1.165, 1.54) is 12.1 Å². The molecule has 0 radical (unpaired) electrons. The quantitative estimate of drug-likeness (QED) is 0.610. The van der Waals surface area contributed by atoms with Crippen LogP contribution in [0.3, 0.4) is 0 Å². The molecular formula is C21H23NO5S. The van der Waals surface area contributed by atoms with Gasteiger partial charge in [0, 0.05) is 17.5 Å². The fourth-order valence-corrected chi connectivity index (χ4v) is 4.11. The van der Waals surface area contributed by atoms with Gasteiger partial charge in [-0.3, -0.25) is 0 Å². The van der Waals surface area contributed by atoms with Crippen molar-refractivity contribution in [3.05, 3.63) is 64.9 Å². The van der Waals surface area contributed by atoms with Gasteiger partial charge >= 0.3 is 5.97 Å². The maximum absolute atomic E-state index is 12.7. The summed E-state index contributed by atoms with van der Waals surface area (Å²) in [4.78, 5) is 12.1. The lowest BCUT2D eigenvalue weighted by atomic mass is 10.1. The summed E-state index contributed by atoms with van der Waals surface area (Å²) in [5.41, 5.74) is 3.24. The molecule has 2 aromatic carbocycles. The van der Waals surface area contributed by atoms with Crippen molar-refractivity contribution >= 4 is 27.0 Å². The van der Waals surface area contributed by atoms with Gasteiger partial charge in [-0.25, -0.2) is 17.9 Å². The third kappa shape index (κ3) is 4.10. The number of carbonyl (C=O) groups is 1. The molecule has 0 unspecified atom stereocenters. The molecule has 3 rings (SSSR count). The van der Waals surface area contributed by atoms with Crippen molar-refractivity contribution in [1.82, 2.24) is 4.72 Å². The van der Waals surface area contributed by atoms with Crippen molar-refractivity contribution < 1.29 is 22.4 Å². The molecule has 0 aliphatic rings. The maximum Gasteiger partial charge on any atom is 0.374 e. The minimum Gasteiger partial charge on any atom is -0.460 e. The van der Waals surface area contributed by atoms with E-state index >= 15 is 0 Å². The van der Waals surface area contributed by atoms with E-state index in [0.717, 1.165) is 11.1 Å². The highest BCUT2D eigenvalue weighted by Gasteiger charge is 2.21. The number of aryl methyl sites for hydroxylation is 2. The van der Waals surface area contributed by atoms with Crippen molar-refractivity contribution in [3.63, 3.8) is 0 Å². The van der Waals surface area contributed by atoms with E-state index in [9.17, 15) is 13.2 Å². The van der Waals surface area contributed by atoms with Crippen LogP contribution in [0.4, 0.5) is 0 Å². The van der Waals surface area contributed by atoms with Crippen molar-refractivity contribution in [2.75, 3.05) is 13.2 Å². The number of hydrogen-bond acceptors (Lipinski definition) is 5. The largest absolute Gasteiger partial charge is 0.460 e. The molecule has 0 amide bonds. The molecule has 0 bridgehead atoms. The number of carbonyl (C=O) groups excluding carboxylic acids is 1. The highest BCUT2D eigenvalue weighted by molar-refractivity contribution is 7.89. The zero-order chi connectivity index (χ0) is 20.3. The van der Waals surface area contributed by atoms with Gasteiger partial charge in [-0.05, 0) is 56.5 Å². The van der Waals surface area contributed by atoms with Crippen molar-refractivity contribution in [3.8, 4) is 0 Å². The van der Waals surface area contributed by atoms with Gasteiger partial charge in [0.25, 0.3) is 0 Å². The second kappa shape index (κ2) is 8.16. The molecular weight excluding hydrogens is 378 g/mol. The first-order chi connectivity index (χ1) is 13.3. The van der Waals surface area contributed by atoms with E-state index in [0.29, 0.717) is 29.5 Å². The molecule has 0 aliphatic heterocycles. The first-order valence-corrected chi connectivity index (χ1v) is 10.6. The van der Waals surface area contributed by atoms with Gasteiger partial charge in [0.1, 0.15) is 5.58 Å². The Bertz CT molecular complexity index is 1120. The summed E-state index contributed by atoms with van der Waals surface area (Å²) in [6.07, 6.45) is 0.603. The Labute approximate surface area is 164 Å². The van der Waals surface area contributed by atoms with Crippen LogP contribution in [0.1, 0.15) is 34.2 Å². The van der Waals surface area contributed by atoms with E-state index in [1.807, 2.05) is 31.2 Å². The standard InChI is InChI=1S/C21H23NO5S/c1-4-26-21(23)20-15(3)18-13-17(9-10-19(18)27-20)28(24,25)22-12-11-16-8-6-5-7-14(16)2/h5-10,13,22H,4,11-12H2,1-3H3. The number of fused-ring (bicyclic) bond motifs is 1. The second-order valence-corrected chi connectivity index (χ2v) is 8.28. The maximum atomic E-state index is 12.7. The van der Waals surface area contributed by atoms with Crippen LogP contribution in [0.5, 0.6) is 0 Å². The van der Waals surface area contributed by atoms with Crippen LogP contribution < -0.4 is 4.72 Å². The predicted octanol–water partition coefficient (Wildman–Crippen LogP) is 3.75. The average molecular weight is 401 g/mol. The lowest BCUT2D eigenvalue weighted by molar-refractivity contribution is 0.0491. The number of esters is 1. The lowest BCUT2D eigenvalue weighted by Crippen LogP contribution is -2.26. The van der Waals surface area contributed by atoms with Crippen LogP contribution in [-0.4, -0.2) is 27.5 Å². The first kappa shape index (κ1) is 20.1. The molecule has 28 heavy (non-hydrogen) atoms. The highest BCUT2D eigenvalue weighted by atomic mass is 32.2. The van der Waals surface area contributed by atoms with Crippen molar-refractivity contribution in [2.24, 2.45) is 0 Å². The topological polar surface area (TPSA) is 85.6 Å². The molecule has 1 heterocycles. The molecule has 0 aliphatic carbocycles. The Hall–Kier alpha value is -2.64. The summed E-state index contributed by atoms with van der Waals surface area (Å²) in [7, 11) is -3.68. The third-order valence-electron chi connectivity index (χ3n) is 4.63. The fraction of sp³-hybridized carbons (Fsp3) is 0.286. The minimum atomic E-state index is -3.68. The Morgan fingerprint density at radius 2 is 1.89 bits per heavy atom. The molecule has 0 saturated heterocycles. The zero-order valence-corrected chi connectivity index (χ0v) is 16.9. The number of rotatable bonds is 7. The Balaban J connectivity index is 1.80. The van der Waals surface area contributed by atoms with Gasteiger partial charge in [-0.15, -0.1) is 0 Å². The summed E-state index contributed by atoms with van der Waals surface area (Å²) in [5.74, 6) is -0.462. The molecule has 1 aromatic heterocycles. The summed E-state index contributed by atoms with van der Waals surface area (Å²) in [5, 5.41) is 0.574. The van der Waals surface area contributed by atoms with Crippen molar-refractivity contribution in [2.45, 2.75) is 32.1 Å². The van der Waals surface area contributed by atoms with Gasteiger partial charge in [-0.1, -0.05) is 24.3 Å². The van der Waals surface area contributed by atoms with Crippen LogP contribution in [-0.2, 0) is 21.2 Å². The highest BCUT2D eigenvalue weighted by Crippen LogP contribution is 2.28. The fourth-order valence-electron chi connectivity index (χ4n) is 3.05. The van der Waals surface area contributed by atoms with Gasteiger partial charge in [-0.2, -0.15) is 0 Å². The van der Waals surface area contributed by atoms with Gasteiger partial charge in [0.2, 0.25) is 15.8 Å². The Kier molecular flexibility index (Phi) is 5.86.